The number of H-pyrrole nitrogens is 2. The Morgan fingerprint density at radius 3 is 2.67 bits per heavy atom. The third-order valence-corrected chi connectivity index (χ3v) is 7.14. The van der Waals surface area contributed by atoms with E-state index in [1.165, 1.54) is 0 Å². The minimum Gasteiger partial charge on any atom is -0.336 e. The van der Waals surface area contributed by atoms with E-state index in [1.807, 2.05) is 51.6 Å². The number of aromatic nitrogens is 7. The summed E-state index contributed by atoms with van der Waals surface area (Å²) in [6, 6.07) is 12.2. The van der Waals surface area contributed by atoms with Crippen LogP contribution in [0, 0.1) is 0 Å². The van der Waals surface area contributed by atoms with Crippen molar-refractivity contribution in [2.45, 2.75) is 13.5 Å². The van der Waals surface area contributed by atoms with Gasteiger partial charge in [-0.3, -0.25) is 15.1 Å². The molecule has 0 saturated carbocycles. The van der Waals surface area contributed by atoms with E-state index in [9.17, 15) is 0 Å². The number of nitrogens with zero attached hydrogens (tertiary/aromatic N) is 6. The highest BCUT2D eigenvalue weighted by Gasteiger charge is 2.18. The highest BCUT2D eigenvalue weighted by atomic mass is 32.1. The number of thiophene rings is 1. The van der Waals surface area contributed by atoms with Crippen molar-refractivity contribution in [2.24, 2.45) is 0 Å². The minimum atomic E-state index is 0.645. The van der Waals surface area contributed by atoms with Gasteiger partial charge in [-0.2, -0.15) is 5.10 Å². The van der Waals surface area contributed by atoms with Crippen molar-refractivity contribution < 1.29 is 0 Å². The van der Waals surface area contributed by atoms with Crippen molar-refractivity contribution in [3.05, 3.63) is 72.0 Å². The van der Waals surface area contributed by atoms with Crippen molar-refractivity contribution in [3.63, 3.8) is 0 Å². The SMILES string of the molecule is C=C(C)c1ccc(-c2nccc3[nH]c(-c4n[nH]c5ccc(-c6cncc(CN(C)C)c6)nc45)nc23)s1. The smallest absolute Gasteiger partial charge is 0.161 e. The lowest BCUT2D eigenvalue weighted by atomic mass is 10.1. The first-order valence-electron chi connectivity index (χ1n) is 11.5. The molecular weight excluding hydrogens is 468 g/mol. The summed E-state index contributed by atoms with van der Waals surface area (Å²) in [5.74, 6) is 0.645. The summed E-state index contributed by atoms with van der Waals surface area (Å²) in [7, 11) is 4.09. The van der Waals surface area contributed by atoms with E-state index in [0.717, 1.165) is 66.5 Å². The average molecular weight is 493 g/mol. The summed E-state index contributed by atoms with van der Waals surface area (Å²) >= 11 is 1.66. The molecule has 36 heavy (non-hydrogen) atoms. The number of aromatic amines is 2. The lowest BCUT2D eigenvalue weighted by Gasteiger charge is -2.10. The number of pyridine rings is 3. The van der Waals surface area contributed by atoms with Crippen molar-refractivity contribution in [3.8, 4) is 33.3 Å². The van der Waals surface area contributed by atoms with E-state index in [1.54, 1.807) is 17.5 Å². The average Bonchev–Trinajstić information content (AvgIpc) is 3.60. The molecule has 0 amide bonds. The number of allylic oxidation sites excluding steroid dienone is 1. The van der Waals surface area contributed by atoms with Gasteiger partial charge in [0, 0.05) is 35.6 Å². The zero-order valence-electron chi connectivity index (χ0n) is 20.2. The predicted octanol–water partition coefficient (Wildman–Crippen LogP) is 5.78. The van der Waals surface area contributed by atoms with Gasteiger partial charge < -0.3 is 9.88 Å². The fraction of sp³-hybridized carbons (Fsp3) is 0.148. The van der Waals surface area contributed by atoms with Gasteiger partial charge in [0.25, 0.3) is 0 Å². The van der Waals surface area contributed by atoms with E-state index in [0.29, 0.717) is 11.5 Å². The molecule has 6 aromatic rings. The van der Waals surface area contributed by atoms with Crippen LogP contribution in [0.15, 0.2) is 61.6 Å². The van der Waals surface area contributed by atoms with Gasteiger partial charge in [-0.05, 0) is 68.6 Å². The first-order valence-corrected chi connectivity index (χ1v) is 12.3. The van der Waals surface area contributed by atoms with Crippen LogP contribution in [0.5, 0.6) is 0 Å². The molecule has 2 N–H and O–H groups in total. The maximum atomic E-state index is 4.94. The molecule has 8 nitrogen and oxygen atoms in total. The van der Waals surface area contributed by atoms with Crippen LogP contribution in [0.4, 0.5) is 0 Å². The van der Waals surface area contributed by atoms with Crippen molar-refractivity contribution >= 4 is 39.0 Å². The number of hydrogen-bond donors (Lipinski definition) is 2. The molecular formula is C27H24N8S. The van der Waals surface area contributed by atoms with Crippen molar-refractivity contribution in [1.29, 1.82) is 0 Å². The Morgan fingerprint density at radius 2 is 1.86 bits per heavy atom. The zero-order valence-corrected chi connectivity index (χ0v) is 21.0. The second kappa shape index (κ2) is 8.78. The van der Waals surface area contributed by atoms with E-state index in [4.69, 9.17) is 9.97 Å². The number of rotatable bonds is 6. The molecule has 178 valence electrons. The molecule has 0 aliphatic rings. The van der Waals surface area contributed by atoms with Crippen LogP contribution in [-0.2, 0) is 6.54 Å². The molecule has 0 saturated heterocycles. The fourth-order valence-corrected chi connectivity index (χ4v) is 5.16. The van der Waals surface area contributed by atoms with Crippen molar-refractivity contribution in [1.82, 2.24) is 40.0 Å². The van der Waals surface area contributed by atoms with Crippen molar-refractivity contribution in [2.75, 3.05) is 14.1 Å². The number of nitrogens with one attached hydrogen (secondary N) is 2. The predicted molar refractivity (Wildman–Crippen MR) is 145 cm³/mol. The van der Waals surface area contributed by atoms with Crippen LogP contribution in [0.25, 0.3) is 61.0 Å². The van der Waals surface area contributed by atoms with Crippen LogP contribution in [0.3, 0.4) is 0 Å². The Kier molecular flexibility index (Phi) is 5.43. The molecule has 6 rings (SSSR count). The van der Waals surface area contributed by atoms with Crippen LogP contribution in [0.2, 0.25) is 0 Å². The molecule has 6 heterocycles. The van der Waals surface area contributed by atoms with Gasteiger partial charge in [-0.1, -0.05) is 6.58 Å². The Hall–Kier alpha value is -4.21. The van der Waals surface area contributed by atoms with E-state index in [2.05, 4.69) is 54.8 Å². The Balaban J connectivity index is 1.43. The lowest BCUT2D eigenvalue weighted by Crippen LogP contribution is -2.10. The standard InChI is InChI=1S/C27H24N8S/c1-15(2)21-7-8-22(36-21)25-23-19(9-10-29-25)31-27(32-23)26-24-20(33-34-26)6-5-18(30-24)17-11-16(12-28-13-17)14-35(3)4/h5-13H,1,14H2,2-4H3,(H,31,32)(H,33,34). The second-order valence-corrected chi connectivity index (χ2v) is 10.2. The summed E-state index contributed by atoms with van der Waals surface area (Å²) in [5.41, 5.74) is 8.76. The fourth-order valence-electron chi connectivity index (χ4n) is 4.23. The Labute approximate surface area is 211 Å². The van der Waals surface area contributed by atoms with Gasteiger partial charge in [0.2, 0.25) is 0 Å². The molecule has 0 aliphatic heterocycles. The Morgan fingerprint density at radius 1 is 1.00 bits per heavy atom. The summed E-state index contributed by atoms with van der Waals surface area (Å²) in [6.45, 7) is 6.87. The number of imidazole rings is 1. The monoisotopic (exact) mass is 492 g/mol. The maximum absolute atomic E-state index is 4.94. The quantitative estimate of drug-likeness (QED) is 0.306. The summed E-state index contributed by atoms with van der Waals surface area (Å²) in [6.07, 6.45) is 5.53. The molecule has 0 unspecified atom stereocenters. The first-order chi connectivity index (χ1) is 17.5. The highest BCUT2D eigenvalue weighted by molar-refractivity contribution is 7.16. The molecule has 9 heteroatoms. The molecule has 0 radical (unpaired) electrons. The highest BCUT2D eigenvalue weighted by Crippen LogP contribution is 2.35. The molecule has 0 aromatic carbocycles. The van der Waals surface area contributed by atoms with Crippen LogP contribution in [-0.4, -0.2) is 54.1 Å². The normalized spacial score (nSPS) is 11.7. The first kappa shape index (κ1) is 22.3. The van der Waals surface area contributed by atoms with Crippen LogP contribution >= 0.6 is 11.3 Å². The third kappa shape index (κ3) is 3.98. The van der Waals surface area contributed by atoms with E-state index in [-0.39, 0.29) is 0 Å². The van der Waals surface area contributed by atoms with Crippen LogP contribution < -0.4 is 0 Å². The van der Waals surface area contributed by atoms with E-state index < -0.39 is 0 Å². The maximum Gasteiger partial charge on any atom is 0.161 e. The largest absolute Gasteiger partial charge is 0.336 e. The molecule has 6 aromatic heterocycles. The topological polar surface area (TPSA) is 99.3 Å². The van der Waals surface area contributed by atoms with E-state index >= 15 is 0 Å². The van der Waals surface area contributed by atoms with Gasteiger partial charge in [0.05, 0.1) is 21.6 Å². The van der Waals surface area contributed by atoms with Crippen LogP contribution in [0.1, 0.15) is 17.4 Å². The second-order valence-electron chi connectivity index (χ2n) is 9.07. The molecule has 0 aliphatic carbocycles. The molecule has 0 fully saturated rings. The van der Waals surface area contributed by atoms with Gasteiger partial charge in [-0.25, -0.2) is 9.97 Å². The summed E-state index contributed by atoms with van der Waals surface area (Å²) in [5, 5.41) is 7.64. The van der Waals surface area contributed by atoms with Gasteiger partial charge in [-0.15, -0.1) is 11.3 Å². The van der Waals surface area contributed by atoms with Gasteiger partial charge in [0.15, 0.2) is 11.5 Å². The summed E-state index contributed by atoms with van der Waals surface area (Å²) in [4.78, 5) is 26.6. The Bertz CT molecular complexity index is 1740. The lowest BCUT2D eigenvalue weighted by molar-refractivity contribution is 0.402. The van der Waals surface area contributed by atoms with Gasteiger partial charge >= 0.3 is 0 Å². The van der Waals surface area contributed by atoms with Gasteiger partial charge in [0.1, 0.15) is 16.7 Å². The number of fused-ring (bicyclic) bond motifs is 2. The number of hydrogen-bond acceptors (Lipinski definition) is 7. The molecule has 0 bridgehead atoms. The minimum absolute atomic E-state index is 0.645. The third-order valence-electron chi connectivity index (χ3n) is 5.88. The summed E-state index contributed by atoms with van der Waals surface area (Å²) < 4.78 is 0. The molecule has 0 atom stereocenters. The zero-order chi connectivity index (χ0) is 24.8. The molecule has 0 spiro atoms.